The Bertz CT molecular complexity index is 483. The first-order valence-electron chi connectivity index (χ1n) is 16.4. The summed E-state index contributed by atoms with van der Waals surface area (Å²) >= 11 is 4.26. The number of aliphatic hydroxyl groups is 1. The SMILES string of the molecule is CCCCCCCCCCCCCCCC(=O)NC(CO)C/C=C/CCCCCCCCCCCCS. The van der Waals surface area contributed by atoms with Gasteiger partial charge >= 0.3 is 0 Å². The van der Waals surface area contributed by atoms with Crippen molar-refractivity contribution in [1.82, 2.24) is 5.32 Å². The zero-order valence-corrected chi connectivity index (χ0v) is 25.7. The molecule has 0 saturated carbocycles. The minimum absolute atomic E-state index is 0.0172. The number of hydrogen-bond donors (Lipinski definition) is 3. The Labute approximate surface area is 237 Å². The summed E-state index contributed by atoms with van der Waals surface area (Å²) < 4.78 is 0. The molecule has 0 radical (unpaired) electrons. The van der Waals surface area contributed by atoms with Gasteiger partial charge in [-0.15, -0.1) is 0 Å². The minimum atomic E-state index is -0.140. The fourth-order valence-electron chi connectivity index (χ4n) is 4.95. The number of allylic oxidation sites excluding steroid dienone is 1. The molecule has 0 aliphatic rings. The second-order valence-corrected chi connectivity index (χ2v) is 11.6. The van der Waals surface area contributed by atoms with Crippen molar-refractivity contribution < 1.29 is 9.90 Å². The highest BCUT2D eigenvalue weighted by atomic mass is 32.1. The first-order valence-corrected chi connectivity index (χ1v) is 17.0. The van der Waals surface area contributed by atoms with E-state index in [0.29, 0.717) is 6.42 Å². The van der Waals surface area contributed by atoms with Crippen LogP contribution in [0.25, 0.3) is 0 Å². The van der Waals surface area contributed by atoms with Crippen LogP contribution in [0.5, 0.6) is 0 Å². The first kappa shape index (κ1) is 36.5. The second-order valence-electron chi connectivity index (χ2n) is 11.2. The summed E-state index contributed by atoms with van der Waals surface area (Å²) in [6, 6.07) is -0.140. The van der Waals surface area contributed by atoms with Crippen molar-refractivity contribution >= 4 is 18.5 Å². The van der Waals surface area contributed by atoms with E-state index in [1.165, 1.54) is 135 Å². The molecule has 1 unspecified atom stereocenters. The van der Waals surface area contributed by atoms with E-state index in [1.807, 2.05) is 0 Å². The molecule has 4 heteroatoms. The summed E-state index contributed by atoms with van der Waals surface area (Å²) in [5, 5.41) is 12.6. The van der Waals surface area contributed by atoms with Gasteiger partial charge in [0.15, 0.2) is 0 Å². The molecular formula is C33H65NO2S. The highest BCUT2D eigenvalue weighted by Gasteiger charge is 2.09. The van der Waals surface area contributed by atoms with Gasteiger partial charge in [-0.2, -0.15) is 12.6 Å². The molecule has 0 aliphatic carbocycles. The number of unbranched alkanes of at least 4 members (excludes halogenated alkanes) is 22. The van der Waals surface area contributed by atoms with Crippen LogP contribution >= 0.6 is 12.6 Å². The Hall–Kier alpha value is -0.480. The summed E-state index contributed by atoms with van der Waals surface area (Å²) in [6.45, 7) is 2.29. The van der Waals surface area contributed by atoms with Crippen LogP contribution in [0.3, 0.4) is 0 Å². The van der Waals surface area contributed by atoms with Crippen molar-refractivity contribution in [2.45, 2.75) is 180 Å². The fourth-order valence-corrected chi connectivity index (χ4v) is 5.17. The van der Waals surface area contributed by atoms with E-state index in [-0.39, 0.29) is 18.6 Å². The predicted molar refractivity (Wildman–Crippen MR) is 168 cm³/mol. The smallest absolute Gasteiger partial charge is 0.220 e. The van der Waals surface area contributed by atoms with E-state index in [1.54, 1.807) is 0 Å². The van der Waals surface area contributed by atoms with Gasteiger partial charge in [-0.1, -0.05) is 147 Å². The van der Waals surface area contributed by atoms with Crippen LogP contribution in [-0.4, -0.2) is 29.4 Å². The molecule has 0 saturated heterocycles. The molecule has 0 aromatic heterocycles. The van der Waals surface area contributed by atoms with E-state index >= 15 is 0 Å². The fraction of sp³-hybridized carbons (Fsp3) is 0.909. The molecule has 0 aromatic rings. The van der Waals surface area contributed by atoms with Gasteiger partial charge in [-0.25, -0.2) is 0 Å². The van der Waals surface area contributed by atoms with Crippen molar-refractivity contribution in [1.29, 1.82) is 0 Å². The van der Waals surface area contributed by atoms with E-state index in [9.17, 15) is 9.90 Å². The van der Waals surface area contributed by atoms with Gasteiger partial charge in [-0.05, 0) is 37.9 Å². The third kappa shape index (κ3) is 29.9. The van der Waals surface area contributed by atoms with Crippen LogP contribution in [0.2, 0.25) is 0 Å². The molecule has 0 aliphatic heterocycles. The molecule has 1 amide bonds. The van der Waals surface area contributed by atoms with Gasteiger partial charge in [0.2, 0.25) is 5.91 Å². The average molecular weight is 540 g/mol. The number of carbonyl (C=O) groups excluding carboxylic acids is 1. The van der Waals surface area contributed by atoms with Gasteiger partial charge in [0.1, 0.15) is 0 Å². The second kappa shape index (κ2) is 31.7. The number of rotatable bonds is 30. The normalized spacial score (nSPS) is 12.4. The van der Waals surface area contributed by atoms with Gasteiger partial charge in [0, 0.05) is 6.42 Å². The Morgan fingerprint density at radius 1 is 0.649 bits per heavy atom. The zero-order valence-electron chi connectivity index (χ0n) is 24.8. The highest BCUT2D eigenvalue weighted by molar-refractivity contribution is 7.80. The van der Waals surface area contributed by atoms with Crippen LogP contribution < -0.4 is 5.32 Å². The standard InChI is InChI=1S/C33H65NO2S/c1-2-3-4-5-6-7-8-10-14-17-20-23-26-29-33(36)34-32(31-35)28-25-22-19-16-13-11-9-12-15-18-21-24-27-30-37/h22,25,32,35,37H,2-21,23-24,26-31H2,1H3,(H,34,36)/b25-22+. The summed E-state index contributed by atoms with van der Waals surface area (Å²) in [6.07, 6.45) is 37.3. The molecule has 3 nitrogen and oxygen atoms in total. The third-order valence-electron chi connectivity index (χ3n) is 7.46. The third-order valence-corrected chi connectivity index (χ3v) is 7.78. The molecule has 37 heavy (non-hydrogen) atoms. The maximum absolute atomic E-state index is 12.2. The molecule has 0 spiro atoms. The molecule has 0 bridgehead atoms. The van der Waals surface area contributed by atoms with Crippen LogP contribution in [0.4, 0.5) is 0 Å². The molecule has 0 heterocycles. The van der Waals surface area contributed by atoms with E-state index in [4.69, 9.17) is 0 Å². The van der Waals surface area contributed by atoms with Crippen LogP contribution in [-0.2, 0) is 4.79 Å². The quantitative estimate of drug-likeness (QED) is 0.0483. The number of hydrogen-bond acceptors (Lipinski definition) is 3. The molecule has 0 fully saturated rings. The largest absolute Gasteiger partial charge is 0.394 e. The first-order chi connectivity index (χ1) is 18.2. The lowest BCUT2D eigenvalue weighted by molar-refractivity contribution is -0.122. The number of nitrogens with one attached hydrogen (secondary N) is 1. The van der Waals surface area contributed by atoms with Crippen molar-refractivity contribution in [3.63, 3.8) is 0 Å². The Balaban J connectivity index is 3.48. The predicted octanol–water partition coefficient (Wildman–Crippen LogP) is 10.1. The maximum atomic E-state index is 12.2. The highest BCUT2D eigenvalue weighted by Crippen LogP contribution is 2.14. The van der Waals surface area contributed by atoms with Crippen LogP contribution in [0.15, 0.2) is 12.2 Å². The molecule has 1 atom stereocenters. The number of thiol groups is 1. The lowest BCUT2D eigenvalue weighted by Crippen LogP contribution is -2.36. The monoisotopic (exact) mass is 539 g/mol. The Kier molecular flexibility index (Phi) is 31.3. The van der Waals surface area contributed by atoms with Crippen LogP contribution in [0, 0.1) is 0 Å². The molecule has 2 N–H and O–H groups in total. The maximum Gasteiger partial charge on any atom is 0.220 e. The lowest BCUT2D eigenvalue weighted by Gasteiger charge is -2.14. The summed E-state index contributed by atoms with van der Waals surface area (Å²) in [5.74, 6) is 1.13. The average Bonchev–Trinajstić information content (AvgIpc) is 2.90. The van der Waals surface area contributed by atoms with E-state index < -0.39 is 0 Å². The lowest BCUT2D eigenvalue weighted by atomic mass is 10.0. The van der Waals surface area contributed by atoms with E-state index in [2.05, 4.69) is 37.0 Å². The van der Waals surface area contributed by atoms with Crippen molar-refractivity contribution in [2.75, 3.05) is 12.4 Å². The van der Waals surface area contributed by atoms with Crippen molar-refractivity contribution in [3.8, 4) is 0 Å². The molecule has 0 rings (SSSR count). The number of aliphatic hydroxyl groups excluding tert-OH is 1. The molecule has 220 valence electrons. The number of carbonyl (C=O) groups is 1. The molecular weight excluding hydrogens is 474 g/mol. The van der Waals surface area contributed by atoms with Crippen molar-refractivity contribution in [3.05, 3.63) is 12.2 Å². The van der Waals surface area contributed by atoms with Crippen molar-refractivity contribution in [2.24, 2.45) is 0 Å². The summed E-state index contributed by atoms with van der Waals surface area (Å²) in [7, 11) is 0. The van der Waals surface area contributed by atoms with Gasteiger partial charge in [-0.3, -0.25) is 4.79 Å². The summed E-state index contributed by atoms with van der Waals surface area (Å²) in [4.78, 5) is 12.2. The van der Waals surface area contributed by atoms with Crippen LogP contribution in [0.1, 0.15) is 174 Å². The number of amides is 1. The molecule has 0 aromatic carbocycles. The minimum Gasteiger partial charge on any atom is -0.394 e. The summed E-state index contributed by atoms with van der Waals surface area (Å²) in [5.41, 5.74) is 0. The van der Waals surface area contributed by atoms with Gasteiger partial charge < -0.3 is 10.4 Å². The van der Waals surface area contributed by atoms with Gasteiger partial charge in [0.05, 0.1) is 12.6 Å². The Morgan fingerprint density at radius 3 is 1.54 bits per heavy atom. The topological polar surface area (TPSA) is 49.3 Å². The van der Waals surface area contributed by atoms with Gasteiger partial charge in [0.25, 0.3) is 0 Å². The van der Waals surface area contributed by atoms with E-state index in [0.717, 1.165) is 31.4 Å². The Morgan fingerprint density at radius 2 is 1.08 bits per heavy atom. The zero-order chi connectivity index (χ0) is 27.1.